The van der Waals surface area contributed by atoms with Crippen molar-refractivity contribution in [1.29, 1.82) is 0 Å². The number of rotatable bonds is 5. The van der Waals surface area contributed by atoms with Crippen LogP contribution in [0.1, 0.15) is 25.3 Å². The van der Waals surface area contributed by atoms with E-state index in [1.165, 1.54) is 48.9 Å². The van der Waals surface area contributed by atoms with E-state index < -0.39 is 0 Å². The average molecular weight is 272 g/mol. The number of nitrogens with one attached hydrogen (secondary N) is 2. The van der Waals surface area contributed by atoms with E-state index in [1.807, 2.05) is 6.20 Å². The third kappa shape index (κ3) is 3.02. The molecule has 1 aromatic carbocycles. The van der Waals surface area contributed by atoms with Gasteiger partial charge >= 0.3 is 0 Å². The van der Waals surface area contributed by atoms with Crippen molar-refractivity contribution >= 4 is 10.9 Å². The molecule has 1 atom stereocenters. The van der Waals surface area contributed by atoms with Gasteiger partial charge in [-0.05, 0) is 44.0 Å². The molecule has 0 saturated carbocycles. The number of hydrogen-bond donors (Lipinski definition) is 2. The predicted molar refractivity (Wildman–Crippen MR) is 82.6 cm³/mol. The lowest BCUT2D eigenvalue weighted by Gasteiger charge is -2.31. The van der Waals surface area contributed by atoms with Crippen LogP contribution in [0, 0.1) is 5.92 Å². The van der Waals surface area contributed by atoms with Gasteiger partial charge in [-0.25, -0.2) is 0 Å². The van der Waals surface area contributed by atoms with Gasteiger partial charge in [0, 0.05) is 18.5 Å². The van der Waals surface area contributed by atoms with Crippen molar-refractivity contribution in [3.05, 3.63) is 30.0 Å². The number of likely N-dealkylation sites (tertiary alicyclic amines) is 1. The summed E-state index contributed by atoms with van der Waals surface area (Å²) in [6.07, 6.45) is 4.59. The van der Waals surface area contributed by atoms with Crippen LogP contribution >= 0.6 is 0 Å². The summed E-state index contributed by atoms with van der Waals surface area (Å²) in [6.45, 7) is 8.00. The van der Waals surface area contributed by atoms with Gasteiger partial charge in [-0.2, -0.15) is 5.10 Å². The summed E-state index contributed by atoms with van der Waals surface area (Å²) >= 11 is 0. The molecule has 0 spiro atoms. The van der Waals surface area contributed by atoms with E-state index in [0.29, 0.717) is 0 Å². The largest absolute Gasteiger partial charge is 0.312 e. The maximum atomic E-state index is 4.12. The highest BCUT2D eigenvalue weighted by Crippen LogP contribution is 2.17. The fraction of sp³-hybridized carbons (Fsp3) is 0.562. The summed E-state index contributed by atoms with van der Waals surface area (Å²) in [6, 6.07) is 6.38. The van der Waals surface area contributed by atoms with Gasteiger partial charge in [0.15, 0.2) is 0 Å². The lowest BCUT2D eigenvalue weighted by molar-refractivity contribution is 0.180. The number of aromatic nitrogens is 2. The van der Waals surface area contributed by atoms with Gasteiger partial charge in [0.1, 0.15) is 0 Å². The standard InChI is InChI=1S/C16H24N4/c1-2-20-8-4-5-13(12-20)9-17-10-14-6-3-7-15-11-18-19-16(14)15/h3,6-7,11,13,17H,2,4-5,8-10,12H2,1H3,(H,18,19)/t13-/m0/s1. The van der Waals surface area contributed by atoms with E-state index in [9.17, 15) is 0 Å². The minimum Gasteiger partial charge on any atom is -0.312 e. The molecule has 1 aliphatic rings. The minimum atomic E-state index is 0.796. The molecule has 2 heterocycles. The zero-order valence-electron chi connectivity index (χ0n) is 12.2. The molecule has 0 unspecified atom stereocenters. The molecule has 4 nitrogen and oxygen atoms in total. The van der Waals surface area contributed by atoms with Crippen molar-refractivity contribution in [1.82, 2.24) is 20.4 Å². The number of fused-ring (bicyclic) bond motifs is 1. The second-order valence-electron chi connectivity index (χ2n) is 5.78. The summed E-state index contributed by atoms with van der Waals surface area (Å²) in [5.41, 5.74) is 2.47. The van der Waals surface area contributed by atoms with Gasteiger partial charge in [0.25, 0.3) is 0 Å². The molecule has 108 valence electrons. The Morgan fingerprint density at radius 1 is 1.45 bits per heavy atom. The second-order valence-corrected chi connectivity index (χ2v) is 5.78. The Bertz CT molecular complexity index is 548. The predicted octanol–water partition coefficient (Wildman–Crippen LogP) is 2.38. The maximum absolute atomic E-state index is 4.12. The van der Waals surface area contributed by atoms with E-state index >= 15 is 0 Å². The summed E-state index contributed by atoms with van der Waals surface area (Å²) in [5.74, 6) is 0.796. The minimum absolute atomic E-state index is 0.796. The Hall–Kier alpha value is -1.39. The molecule has 2 aromatic rings. The van der Waals surface area contributed by atoms with Gasteiger partial charge in [0.2, 0.25) is 0 Å². The van der Waals surface area contributed by atoms with E-state index in [0.717, 1.165) is 19.0 Å². The zero-order chi connectivity index (χ0) is 13.8. The van der Waals surface area contributed by atoms with Gasteiger partial charge in [-0.1, -0.05) is 25.1 Å². The topological polar surface area (TPSA) is 44.0 Å². The molecular weight excluding hydrogens is 248 g/mol. The quantitative estimate of drug-likeness (QED) is 0.878. The third-order valence-corrected chi connectivity index (χ3v) is 4.36. The smallest absolute Gasteiger partial charge is 0.0695 e. The molecule has 0 radical (unpaired) electrons. The molecule has 0 aliphatic carbocycles. The Labute approximate surface area is 120 Å². The highest BCUT2D eigenvalue weighted by molar-refractivity contribution is 5.81. The Morgan fingerprint density at radius 3 is 3.30 bits per heavy atom. The number of nitrogens with zero attached hydrogens (tertiary/aromatic N) is 2. The van der Waals surface area contributed by atoms with Crippen LogP contribution in [0.25, 0.3) is 10.9 Å². The highest BCUT2D eigenvalue weighted by atomic mass is 15.1. The molecule has 20 heavy (non-hydrogen) atoms. The van der Waals surface area contributed by atoms with Gasteiger partial charge in [-0.15, -0.1) is 0 Å². The van der Waals surface area contributed by atoms with E-state index in [1.54, 1.807) is 0 Å². The Morgan fingerprint density at radius 2 is 2.40 bits per heavy atom. The van der Waals surface area contributed by atoms with E-state index in [4.69, 9.17) is 0 Å². The van der Waals surface area contributed by atoms with Crippen LogP contribution in [0.2, 0.25) is 0 Å². The molecular formula is C16H24N4. The molecule has 1 aliphatic heterocycles. The Kier molecular flexibility index (Phi) is 4.33. The highest BCUT2D eigenvalue weighted by Gasteiger charge is 2.18. The zero-order valence-corrected chi connectivity index (χ0v) is 12.2. The van der Waals surface area contributed by atoms with Crippen molar-refractivity contribution in [2.45, 2.75) is 26.3 Å². The molecule has 3 rings (SSSR count). The Balaban J connectivity index is 1.53. The van der Waals surface area contributed by atoms with Crippen LogP contribution in [0.5, 0.6) is 0 Å². The SMILES string of the molecule is CCN1CCC[C@@H](CNCc2cccc3cn[nH]c23)C1. The summed E-state index contributed by atoms with van der Waals surface area (Å²) in [5, 5.41) is 12.0. The molecule has 0 amide bonds. The van der Waals surface area contributed by atoms with Crippen LogP contribution in [0.3, 0.4) is 0 Å². The molecule has 1 fully saturated rings. The number of hydrogen-bond acceptors (Lipinski definition) is 3. The van der Waals surface area contributed by atoms with Crippen LogP contribution in [-0.2, 0) is 6.54 Å². The lowest BCUT2D eigenvalue weighted by atomic mass is 9.98. The van der Waals surface area contributed by atoms with Crippen molar-refractivity contribution in [3.8, 4) is 0 Å². The lowest BCUT2D eigenvalue weighted by Crippen LogP contribution is -2.39. The number of benzene rings is 1. The normalized spacial score (nSPS) is 20.6. The number of piperidine rings is 1. The van der Waals surface area contributed by atoms with Crippen LogP contribution < -0.4 is 5.32 Å². The van der Waals surface area contributed by atoms with E-state index in [-0.39, 0.29) is 0 Å². The second kappa shape index (κ2) is 6.37. The van der Waals surface area contributed by atoms with Crippen LogP contribution in [-0.4, -0.2) is 41.3 Å². The summed E-state index contributed by atoms with van der Waals surface area (Å²) < 4.78 is 0. The first kappa shape index (κ1) is 13.6. The number of para-hydroxylation sites is 1. The average Bonchev–Trinajstić information content (AvgIpc) is 2.97. The third-order valence-electron chi connectivity index (χ3n) is 4.36. The fourth-order valence-corrected chi connectivity index (χ4v) is 3.19. The monoisotopic (exact) mass is 272 g/mol. The maximum Gasteiger partial charge on any atom is 0.0695 e. The van der Waals surface area contributed by atoms with Crippen LogP contribution in [0.15, 0.2) is 24.4 Å². The van der Waals surface area contributed by atoms with Crippen molar-refractivity contribution in [2.75, 3.05) is 26.2 Å². The molecule has 2 N–H and O–H groups in total. The number of aromatic amines is 1. The van der Waals surface area contributed by atoms with E-state index in [2.05, 4.69) is 45.5 Å². The molecule has 0 bridgehead atoms. The van der Waals surface area contributed by atoms with Crippen molar-refractivity contribution in [3.63, 3.8) is 0 Å². The first-order valence-electron chi connectivity index (χ1n) is 7.71. The molecule has 1 aromatic heterocycles. The van der Waals surface area contributed by atoms with Crippen molar-refractivity contribution < 1.29 is 0 Å². The van der Waals surface area contributed by atoms with Gasteiger partial charge in [0.05, 0.1) is 11.7 Å². The number of H-pyrrole nitrogens is 1. The molecule has 4 heteroatoms. The van der Waals surface area contributed by atoms with Crippen LogP contribution in [0.4, 0.5) is 0 Å². The van der Waals surface area contributed by atoms with Crippen molar-refractivity contribution in [2.24, 2.45) is 5.92 Å². The van der Waals surface area contributed by atoms with Gasteiger partial charge < -0.3 is 10.2 Å². The fourth-order valence-electron chi connectivity index (χ4n) is 3.19. The summed E-state index contributed by atoms with van der Waals surface area (Å²) in [4.78, 5) is 2.56. The first-order valence-corrected chi connectivity index (χ1v) is 7.71. The first-order chi connectivity index (χ1) is 9.86. The summed E-state index contributed by atoms with van der Waals surface area (Å²) in [7, 11) is 0. The molecule has 1 saturated heterocycles. The van der Waals surface area contributed by atoms with Gasteiger partial charge in [-0.3, -0.25) is 5.10 Å².